The fourth-order valence-corrected chi connectivity index (χ4v) is 2.23. The lowest BCUT2D eigenvalue weighted by molar-refractivity contribution is -0.385. The van der Waals surface area contributed by atoms with Crippen LogP contribution in [-0.2, 0) is 13.1 Å². The highest BCUT2D eigenvalue weighted by Gasteiger charge is 2.13. The van der Waals surface area contributed by atoms with Crippen molar-refractivity contribution in [3.05, 3.63) is 57.1 Å². The van der Waals surface area contributed by atoms with Crippen LogP contribution in [0.5, 0.6) is 0 Å². The molecule has 1 N–H and O–H groups in total. The Hall–Kier alpha value is -1.73. The first kappa shape index (κ1) is 14.7. The van der Waals surface area contributed by atoms with E-state index in [-0.39, 0.29) is 10.6 Å². The van der Waals surface area contributed by atoms with Crippen LogP contribution in [0.2, 0.25) is 0 Å². The van der Waals surface area contributed by atoms with Gasteiger partial charge in [0.05, 0.1) is 11.3 Å². The number of nitrogens with zero attached hydrogens (tertiary/aromatic N) is 3. The van der Waals surface area contributed by atoms with Crippen LogP contribution in [0.3, 0.4) is 0 Å². The average molecular weight is 339 g/mol. The first-order valence-electron chi connectivity index (χ1n) is 6.26. The largest absolute Gasteiger partial charge is 0.337 e. The Balaban J connectivity index is 1.80. The number of hydrogen-bond donors (Lipinski definition) is 1. The fourth-order valence-electron chi connectivity index (χ4n) is 1.89. The second-order valence-corrected chi connectivity index (χ2v) is 5.28. The molecule has 0 aliphatic rings. The third-order valence-electron chi connectivity index (χ3n) is 2.89. The molecule has 0 aliphatic heterocycles. The minimum absolute atomic E-state index is 0.140. The predicted molar refractivity (Wildman–Crippen MR) is 79.3 cm³/mol. The van der Waals surface area contributed by atoms with Gasteiger partial charge in [0.1, 0.15) is 0 Å². The Bertz CT molecular complexity index is 572. The number of benzene rings is 1. The van der Waals surface area contributed by atoms with Gasteiger partial charge in [-0.2, -0.15) is 0 Å². The van der Waals surface area contributed by atoms with Crippen LogP contribution < -0.4 is 5.32 Å². The lowest BCUT2D eigenvalue weighted by atomic mass is 10.2. The maximum atomic E-state index is 11.0. The molecule has 1 aromatic carbocycles. The van der Waals surface area contributed by atoms with Crippen LogP contribution in [0.25, 0.3) is 0 Å². The van der Waals surface area contributed by atoms with Crippen LogP contribution in [0.4, 0.5) is 5.69 Å². The molecule has 0 spiro atoms. The normalized spacial score (nSPS) is 10.7. The molecule has 20 heavy (non-hydrogen) atoms. The fraction of sp³-hybridized carbons (Fsp3) is 0.308. The number of nitro groups is 1. The summed E-state index contributed by atoms with van der Waals surface area (Å²) in [6, 6.07) is 5.11. The Morgan fingerprint density at radius 2 is 2.30 bits per heavy atom. The summed E-state index contributed by atoms with van der Waals surface area (Å²) in [4.78, 5) is 14.6. The molecule has 6 nitrogen and oxygen atoms in total. The van der Waals surface area contributed by atoms with Crippen LogP contribution in [0, 0.1) is 10.1 Å². The van der Waals surface area contributed by atoms with Crippen molar-refractivity contribution in [1.82, 2.24) is 14.9 Å². The minimum Gasteiger partial charge on any atom is -0.337 e. The highest BCUT2D eigenvalue weighted by molar-refractivity contribution is 9.10. The van der Waals surface area contributed by atoms with Gasteiger partial charge in [-0.3, -0.25) is 10.1 Å². The first-order chi connectivity index (χ1) is 9.66. The van der Waals surface area contributed by atoms with Gasteiger partial charge >= 0.3 is 0 Å². The summed E-state index contributed by atoms with van der Waals surface area (Å²) in [6.45, 7) is 2.17. The number of aromatic nitrogens is 2. The van der Waals surface area contributed by atoms with Crippen molar-refractivity contribution in [3.63, 3.8) is 0 Å². The van der Waals surface area contributed by atoms with Crippen molar-refractivity contribution in [1.29, 1.82) is 0 Å². The molecule has 0 amide bonds. The topological polar surface area (TPSA) is 73.0 Å². The maximum absolute atomic E-state index is 11.0. The molecule has 0 saturated heterocycles. The van der Waals surface area contributed by atoms with E-state index in [1.54, 1.807) is 18.6 Å². The Morgan fingerprint density at radius 1 is 1.45 bits per heavy atom. The van der Waals surface area contributed by atoms with Crippen LogP contribution in [0.15, 0.2) is 41.4 Å². The summed E-state index contributed by atoms with van der Waals surface area (Å²) in [5.41, 5.74) is 0.835. The van der Waals surface area contributed by atoms with Crippen molar-refractivity contribution < 1.29 is 4.92 Å². The van der Waals surface area contributed by atoms with Gasteiger partial charge in [-0.15, -0.1) is 0 Å². The highest BCUT2D eigenvalue weighted by Crippen LogP contribution is 2.23. The SMILES string of the molecule is O=[N+]([O-])c1cc(Br)ccc1CNCCCn1ccnc1. The first-order valence-corrected chi connectivity index (χ1v) is 7.05. The number of imidazole rings is 1. The second kappa shape index (κ2) is 7.16. The maximum Gasteiger partial charge on any atom is 0.275 e. The monoisotopic (exact) mass is 338 g/mol. The molecule has 2 aromatic rings. The molecule has 0 fully saturated rings. The van der Waals surface area contributed by atoms with Gasteiger partial charge in [0.15, 0.2) is 0 Å². The Morgan fingerprint density at radius 3 is 3.00 bits per heavy atom. The number of nitrogens with one attached hydrogen (secondary N) is 1. The van der Waals surface area contributed by atoms with Gasteiger partial charge in [0.2, 0.25) is 0 Å². The van der Waals surface area contributed by atoms with E-state index in [0.717, 1.165) is 19.5 Å². The van der Waals surface area contributed by atoms with Crippen LogP contribution in [-0.4, -0.2) is 21.0 Å². The second-order valence-electron chi connectivity index (χ2n) is 4.36. The van der Waals surface area contributed by atoms with E-state index in [9.17, 15) is 10.1 Å². The minimum atomic E-state index is -0.354. The zero-order valence-electron chi connectivity index (χ0n) is 10.8. The molecule has 1 aromatic heterocycles. The number of hydrogen-bond acceptors (Lipinski definition) is 4. The van der Waals surface area contributed by atoms with E-state index in [2.05, 4.69) is 26.2 Å². The lowest BCUT2D eigenvalue weighted by Gasteiger charge is -2.06. The molecule has 0 saturated carbocycles. The van der Waals surface area contributed by atoms with Crippen molar-refractivity contribution in [2.24, 2.45) is 0 Å². The third-order valence-corrected chi connectivity index (χ3v) is 3.38. The summed E-state index contributed by atoms with van der Waals surface area (Å²) >= 11 is 3.25. The molecular formula is C13H15BrN4O2. The smallest absolute Gasteiger partial charge is 0.275 e. The summed E-state index contributed by atoms with van der Waals surface area (Å²) < 4.78 is 2.72. The van der Waals surface area contributed by atoms with Crippen LogP contribution in [0.1, 0.15) is 12.0 Å². The predicted octanol–water partition coefficient (Wildman–Crippen LogP) is 2.73. The van der Waals surface area contributed by atoms with E-state index >= 15 is 0 Å². The summed E-state index contributed by atoms with van der Waals surface area (Å²) in [5, 5.41) is 14.2. The molecule has 1 heterocycles. The molecule has 106 valence electrons. The molecule has 0 atom stereocenters. The van der Waals surface area contributed by atoms with E-state index in [4.69, 9.17) is 0 Å². The van der Waals surface area contributed by atoms with E-state index in [1.165, 1.54) is 6.07 Å². The molecule has 7 heteroatoms. The quantitative estimate of drug-likeness (QED) is 0.478. The highest BCUT2D eigenvalue weighted by atomic mass is 79.9. The average Bonchev–Trinajstić information content (AvgIpc) is 2.92. The van der Waals surface area contributed by atoms with E-state index < -0.39 is 0 Å². The summed E-state index contributed by atoms with van der Waals surface area (Å²) in [6.07, 6.45) is 6.39. The van der Waals surface area contributed by atoms with Gasteiger partial charge in [-0.25, -0.2) is 4.98 Å². The summed E-state index contributed by atoms with van der Waals surface area (Å²) in [7, 11) is 0. The molecule has 0 unspecified atom stereocenters. The van der Waals surface area contributed by atoms with Gasteiger partial charge in [-0.1, -0.05) is 15.9 Å². The zero-order chi connectivity index (χ0) is 14.4. The lowest BCUT2D eigenvalue weighted by Crippen LogP contribution is -2.17. The van der Waals surface area contributed by atoms with Gasteiger partial charge < -0.3 is 9.88 Å². The number of aryl methyl sites for hydroxylation is 1. The number of halogens is 1. The van der Waals surface area contributed by atoms with Gasteiger partial charge in [0, 0.05) is 41.6 Å². The zero-order valence-corrected chi connectivity index (χ0v) is 12.4. The van der Waals surface area contributed by atoms with Crippen molar-refractivity contribution in [2.45, 2.75) is 19.5 Å². The van der Waals surface area contributed by atoms with E-state index in [1.807, 2.05) is 16.8 Å². The van der Waals surface area contributed by atoms with Gasteiger partial charge in [0.25, 0.3) is 5.69 Å². The molecule has 0 bridgehead atoms. The number of nitro benzene ring substituents is 1. The molecule has 0 radical (unpaired) electrons. The van der Waals surface area contributed by atoms with Crippen LogP contribution >= 0.6 is 15.9 Å². The standard InChI is InChI=1S/C13H15BrN4O2/c14-12-3-2-11(13(8-12)18(19)20)9-15-4-1-6-17-7-5-16-10-17/h2-3,5,7-8,10,15H,1,4,6,9H2. The number of rotatable bonds is 7. The molecule has 2 rings (SSSR count). The van der Waals surface area contributed by atoms with Crippen molar-refractivity contribution in [2.75, 3.05) is 6.54 Å². The summed E-state index contributed by atoms with van der Waals surface area (Å²) in [5.74, 6) is 0. The molecular weight excluding hydrogens is 324 g/mol. The van der Waals surface area contributed by atoms with E-state index in [0.29, 0.717) is 16.6 Å². The van der Waals surface area contributed by atoms with Gasteiger partial charge in [-0.05, 0) is 25.1 Å². The molecule has 0 aliphatic carbocycles. The Labute approximate surface area is 125 Å². The van der Waals surface area contributed by atoms with Crippen molar-refractivity contribution >= 4 is 21.6 Å². The third kappa shape index (κ3) is 4.14. The Kier molecular flexibility index (Phi) is 5.25. The van der Waals surface area contributed by atoms with Crippen molar-refractivity contribution in [3.8, 4) is 0 Å².